The Labute approximate surface area is 189 Å². The second-order valence-corrected chi connectivity index (χ2v) is 9.71. The van der Waals surface area contributed by atoms with Gasteiger partial charge in [0.2, 0.25) is 5.91 Å². The van der Waals surface area contributed by atoms with Crippen molar-refractivity contribution in [1.82, 2.24) is 14.8 Å². The number of halogens is 1. The van der Waals surface area contributed by atoms with Crippen molar-refractivity contribution in [1.29, 1.82) is 0 Å². The molecule has 1 aromatic carbocycles. The molecule has 1 fully saturated rings. The summed E-state index contributed by atoms with van der Waals surface area (Å²) >= 11 is 3.59. The molecule has 5 rings (SSSR count). The Bertz CT molecular complexity index is 1140. The van der Waals surface area contributed by atoms with Gasteiger partial charge in [0.15, 0.2) is 5.58 Å². The molecule has 1 saturated carbocycles. The maximum atomic E-state index is 13.7. The van der Waals surface area contributed by atoms with Crippen LogP contribution in [0.3, 0.4) is 0 Å². The van der Waals surface area contributed by atoms with Gasteiger partial charge in [0, 0.05) is 29.2 Å². The highest BCUT2D eigenvalue weighted by atomic mass is 79.9. The summed E-state index contributed by atoms with van der Waals surface area (Å²) in [5, 5.41) is 3.26. The highest BCUT2D eigenvalue weighted by Crippen LogP contribution is 2.35. The zero-order valence-corrected chi connectivity index (χ0v) is 19.2. The van der Waals surface area contributed by atoms with E-state index in [-0.39, 0.29) is 17.9 Å². The van der Waals surface area contributed by atoms with Gasteiger partial charge < -0.3 is 19.2 Å². The number of nitrogens with zero attached hydrogens (tertiary/aromatic N) is 2. The standard InChI is InChI=1S/C24H26BrN3O3/c1-24(23(30)26-17-8-3-2-4-9-17)15-27-19-11-12-31-21(19)13-20(27)22(29)28(24)14-16-7-5-6-10-18(16)25/h5-7,10-13,17H,2-4,8-9,14-15H2,1H3,(H,26,30)/t24-/m1/s1. The van der Waals surface area contributed by atoms with Crippen molar-refractivity contribution in [2.45, 2.75) is 63.7 Å². The van der Waals surface area contributed by atoms with Crippen LogP contribution in [0.4, 0.5) is 0 Å². The van der Waals surface area contributed by atoms with Crippen LogP contribution in [0.25, 0.3) is 11.1 Å². The molecule has 3 aromatic rings. The number of benzene rings is 1. The minimum absolute atomic E-state index is 0.0872. The summed E-state index contributed by atoms with van der Waals surface area (Å²) in [6.45, 7) is 2.62. The number of rotatable bonds is 4. The summed E-state index contributed by atoms with van der Waals surface area (Å²) in [4.78, 5) is 29.1. The number of aromatic nitrogens is 1. The molecule has 0 spiro atoms. The zero-order valence-electron chi connectivity index (χ0n) is 17.6. The van der Waals surface area contributed by atoms with E-state index in [1.165, 1.54) is 6.42 Å². The fraction of sp³-hybridized carbons (Fsp3) is 0.417. The van der Waals surface area contributed by atoms with Crippen LogP contribution in [0, 0.1) is 0 Å². The van der Waals surface area contributed by atoms with Crippen molar-refractivity contribution in [3.63, 3.8) is 0 Å². The fourth-order valence-electron chi connectivity index (χ4n) is 4.91. The van der Waals surface area contributed by atoms with E-state index in [4.69, 9.17) is 4.42 Å². The Morgan fingerprint density at radius 1 is 1.23 bits per heavy atom. The molecule has 2 aliphatic rings. The monoisotopic (exact) mass is 483 g/mol. The molecule has 1 aliphatic heterocycles. The first-order valence-corrected chi connectivity index (χ1v) is 11.7. The van der Waals surface area contributed by atoms with Gasteiger partial charge in [-0.05, 0) is 31.4 Å². The first kappa shape index (κ1) is 20.4. The number of hydrogen-bond donors (Lipinski definition) is 1. The minimum atomic E-state index is -1.01. The third kappa shape index (κ3) is 3.49. The van der Waals surface area contributed by atoms with Crippen molar-refractivity contribution in [3.05, 3.63) is 58.4 Å². The van der Waals surface area contributed by atoms with Gasteiger partial charge in [-0.1, -0.05) is 53.4 Å². The lowest BCUT2D eigenvalue weighted by atomic mass is 9.91. The summed E-state index contributed by atoms with van der Waals surface area (Å²) in [5.41, 5.74) is 2.03. The summed E-state index contributed by atoms with van der Waals surface area (Å²) in [6.07, 6.45) is 7.12. The van der Waals surface area contributed by atoms with E-state index in [2.05, 4.69) is 21.2 Å². The van der Waals surface area contributed by atoms with Gasteiger partial charge >= 0.3 is 0 Å². The number of furan rings is 1. The second kappa shape index (κ2) is 7.86. The van der Waals surface area contributed by atoms with Crippen LogP contribution in [-0.2, 0) is 17.9 Å². The van der Waals surface area contributed by atoms with Gasteiger partial charge in [0.25, 0.3) is 5.91 Å². The number of amides is 2. The average Bonchev–Trinajstić information content (AvgIpc) is 3.35. The normalized spacial score (nSPS) is 22.0. The van der Waals surface area contributed by atoms with Gasteiger partial charge in [-0.25, -0.2) is 0 Å². The Hall–Kier alpha value is -2.54. The molecular formula is C24H26BrN3O3. The Kier molecular flexibility index (Phi) is 5.16. The highest BCUT2D eigenvalue weighted by Gasteiger charge is 2.48. The summed E-state index contributed by atoms with van der Waals surface area (Å²) in [7, 11) is 0. The molecule has 2 amide bonds. The van der Waals surface area contributed by atoms with Crippen molar-refractivity contribution in [2.75, 3.05) is 0 Å². The van der Waals surface area contributed by atoms with Crippen LogP contribution in [0.5, 0.6) is 0 Å². The van der Waals surface area contributed by atoms with Gasteiger partial charge in [0.05, 0.1) is 18.3 Å². The summed E-state index contributed by atoms with van der Waals surface area (Å²) in [6, 6.07) is 11.6. The van der Waals surface area contributed by atoms with Gasteiger partial charge in [-0.3, -0.25) is 9.59 Å². The SMILES string of the molecule is C[C@]1(C(=O)NC2CCCCC2)Cn2c(cc3occc32)C(=O)N1Cc1ccccc1Br. The number of hydrogen-bond acceptors (Lipinski definition) is 3. The molecule has 1 atom stereocenters. The first-order chi connectivity index (χ1) is 15.0. The summed E-state index contributed by atoms with van der Waals surface area (Å²) < 4.78 is 8.39. The lowest BCUT2D eigenvalue weighted by molar-refractivity contribution is -0.134. The molecule has 0 saturated heterocycles. The van der Waals surface area contributed by atoms with Crippen LogP contribution in [-0.4, -0.2) is 32.9 Å². The smallest absolute Gasteiger partial charge is 0.271 e. The average molecular weight is 484 g/mol. The van der Waals surface area contributed by atoms with Crippen LogP contribution in [0.1, 0.15) is 55.1 Å². The highest BCUT2D eigenvalue weighted by molar-refractivity contribution is 9.10. The number of nitrogens with one attached hydrogen (secondary N) is 1. The van der Waals surface area contributed by atoms with Gasteiger partial charge in [-0.15, -0.1) is 0 Å². The maximum absolute atomic E-state index is 13.7. The van der Waals surface area contributed by atoms with Gasteiger partial charge in [0.1, 0.15) is 11.2 Å². The van der Waals surface area contributed by atoms with Crippen LogP contribution < -0.4 is 5.32 Å². The van der Waals surface area contributed by atoms with E-state index in [1.807, 2.05) is 41.8 Å². The van der Waals surface area contributed by atoms with E-state index >= 15 is 0 Å². The Balaban J connectivity index is 1.54. The Morgan fingerprint density at radius 2 is 2.00 bits per heavy atom. The Morgan fingerprint density at radius 3 is 2.77 bits per heavy atom. The first-order valence-electron chi connectivity index (χ1n) is 10.9. The van der Waals surface area contributed by atoms with E-state index in [0.717, 1.165) is 41.2 Å². The topological polar surface area (TPSA) is 67.5 Å². The molecule has 7 heteroatoms. The molecule has 0 radical (unpaired) electrons. The van der Waals surface area contributed by atoms with E-state index in [1.54, 1.807) is 17.2 Å². The predicted molar refractivity (Wildman–Crippen MR) is 122 cm³/mol. The van der Waals surface area contributed by atoms with E-state index in [9.17, 15) is 9.59 Å². The minimum Gasteiger partial charge on any atom is -0.463 e. The van der Waals surface area contributed by atoms with Crippen LogP contribution in [0.2, 0.25) is 0 Å². The van der Waals surface area contributed by atoms with Crippen molar-refractivity contribution in [3.8, 4) is 0 Å². The molecule has 3 heterocycles. The second-order valence-electron chi connectivity index (χ2n) is 8.85. The van der Waals surface area contributed by atoms with Crippen molar-refractivity contribution >= 4 is 38.8 Å². The number of carbonyl (C=O) groups is 2. The number of fused-ring (bicyclic) bond motifs is 3. The third-order valence-electron chi connectivity index (χ3n) is 6.76. The molecule has 0 bridgehead atoms. The fourth-order valence-corrected chi connectivity index (χ4v) is 5.32. The van der Waals surface area contributed by atoms with Crippen LogP contribution in [0.15, 0.2) is 51.6 Å². The molecule has 1 N–H and O–H groups in total. The van der Waals surface area contributed by atoms with Crippen LogP contribution >= 0.6 is 15.9 Å². The van der Waals surface area contributed by atoms with Gasteiger partial charge in [-0.2, -0.15) is 0 Å². The van der Waals surface area contributed by atoms with E-state index in [0.29, 0.717) is 24.4 Å². The van der Waals surface area contributed by atoms with Crippen molar-refractivity contribution < 1.29 is 14.0 Å². The predicted octanol–water partition coefficient (Wildman–Crippen LogP) is 4.86. The molecule has 162 valence electrons. The summed E-state index contributed by atoms with van der Waals surface area (Å²) in [5.74, 6) is -0.245. The molecule has 31 heavy (non-hydrogen) atoms. The third-order valence-corrected chi connectivity index (χ3v) is 7.54. The molecule has 0 unspecified atom stereocenters. The number of carbonyl (C=O) groups excluding carboxylic acids is 2. The molecular weight excluding hydrogens is 458 g/mol. The molecule has 2 aromatic heterocycles. The molecule has 1 aliphatic carbocycles. The maximum Gasteiger partial charge on any atom is 0.271 e. The lowest BCUT2D eigenvalue weighted by Gasteiger charge is -2.45. The molecule has 6 nitrogen and oxygen atoms in total. The zero-order chi connectivity index (χ0) is 21.6. The largest absolute Gasteiger partial charge is 0.463 e. The quantitative estimate of drug-likeness (QED) is 0.575. The van der Waals surface area contributed by atoms with Crippen molar-refractivity contribution in [2.24, 2.45) is 0 Å². The lowest BCUT2D eigenvalue weighted by Crippen LogP contribution is -2.64. The van der Waals surface area contributed by atoms with E-state index < -0.39 is 5.54 Å².